The van der Waals surface area contributed by atoms with Crippen molar-refractivity contribution in [2.45, 2.75) is 38.1 Å². The van der Waals surface area contributed by atoms with E-state index >= 15 is 0 Å². The fraction of sp³-hybridized carbons (Fsp3) is 0.308. The first-order chi connectivity index (χ1) is 15.7. The average molecular weight is 428 g/mol. The Bertz CT molecular complexity index is 1240. The maximum absolute atomic E-state index is 13.2. The normalized spacial score (nSPS) is 14.1. The lowest BCUT2D eigenvalue weighted by atomic mass is 10.00. The molecule has 2 heterocycles. The van der Waals surface area contributed by atoms with Gasteiger partial charge in [-0.1, -0.05) is 30.7 Å². The van der Waals surface area contributed by atoms with Crippen LogP contribution < -0.4 is 16.4 Å². The van der Waals surface area contributed by atoms with Crippen molar-refractivity contribution in [3.63, 3.8) is 0 Å². The minimum atomic E-state index is 0.0732. The third kappa shape index (κ3) is 3.66. The zero-order valence-electron chi connectivity index (χ0n) is 18.2. The maximum atomic E-state index is 13.2. The SMILES string of the molecule is NCCCCC(N)CCCN1C(=O)c2cccc3c(-c4nc5ccccc5[nH]4)ccc1c23. The van der Waals surface area contributed by atoms with E-state index in [9.17, 15) is 4.79 Å². The third-order valence-electron chi connectivity index (χ3n) is 6.42. The number of imidazole rings is 1. The number of hydrogen-bond acceptors (Lipinski definition) is 4. The standard InChI is InChI=1S/C26H29N5O/c27-15-4-3-7-17(28)8-6-16-31-23-14-13-19(18-9-5-10-20(24(18)23)26(31)32)25-29-21-11-1-2-12-22(21)30-25/h1-2,5,9-14,17H,3-4,6-8,15-16,27-28H2,(H,29,30). The van der Waals surface area contributed by atoms with Crippen LogP contribution in [-0.4, -0.2) is 35.0 Å². The number of fused-ring (bicyclic) bond motifs is 1. The number of carbonyl (C=O) groups excluding carboxylic acids is 1. The Hall–Kier alpha value is -3.22. The molecule has 0 aliphatic carbocycles. The molecule has 0 bridgehead atoms. The summed E-state index contributed by atoms with van der Waals surface area (Å²) >= 11 is 0. The lowest BCUT2D eigenvalue weighted by Gasteiger charge is -2.19. The van der Waals surface area contributed by atoms with Crippen molar-refractivity contribution in [2.24, 2.45) is 11.5 Å². The number of amides is 1. The van der Waals surface area contributed by atoms with Crippen LogP contribution >= 0.6 is 0 Å². The fourth-order valence-corrected chi connectivity index (χ4v) is 4.76. The molecule has 0 spiro atoms. The van der Waals surface area contributed by atoms with E-state index in [1.165, 1.54) is 0 Å². The molecule has 0 saturated heterocycles. The van der Waals surface area contributed by atoms with Crippen LogP contribution in [0.25, 0.3) is 33.2 Å². The van der Waals surface area contributed by atoms with Crippen LogP contribution in [0.2, 0.25) is 0 Å². The topological polar surface area (TPSA) is 101 Å². The molecular formula is C26H29N5O. The number of H-pyrrole nitrogens is 1. The monoisotopic (exact) mass is 427 g/mol. The minimum absolute atomic E-state index is 0.0732. The lowest BCUT2D eigenvalue weighted by Crippen LogP contribution is -2.29. The quantitative estimate of drug-likeness (QED) is 0.340. The van der Waals surface area contributed by atoms with Crippen LogP contribution in [0.5, 0.6) is 0 Å². The van der Waals surface area contributed by atoms with Gasteiger partial charge in [-0.3, -0.25) is 4.79 Å². The van der Waals surface area contributed by atoms with Gasteiger partial charge < -0.3 is 21.4 Å². The first-order valence-corrected chi connectivity index (χ1v) is 11.5. The number of anilines is 1. The van der Waals surface area contributed by atoms with Crippen LogP contribution in [0, 0.1) is 0 Å². The summed E-state index contributed by atoms with van der Waals surface area (Å²) in [6.45, 7) is 1.39. The number of nitrogens with zero attached hydrogens (tertiary/aromatic N) is 2. The predicted octanol–water partition coefficient (Wildman–Crippen LogP) is 4.58. The van der Waals surface area contributed by atoms with Gasteiger partial charge in [0.15, 0.2) is 0 Å². The summed E-state index contributed by atoms with van der Waals surface area (Å²) in [6, 6.07) is 18.3. The summed E-state index contributed by atoms with van der Waals surface area (Å²) in [5.41, 5.74) is 16.5. The fourth-order valence-electron chi connectivity index (χ4n) is 4.76. The number of nitrogens with one attached hydrogen (secondary N) is 1. The first-order valence-electron chi connectivity index (χ1n) is 11.5. The minimum Gasteiger partial charge on any atom is -0.338 e. The molecule has 6 nitrogen and oxygen atoms in total. The van der Waals surface area contributed by atoms with Gasteiger partial charge in [0.05, 0.1) is 16.7 Å². The Morgan fingerprint density at radius 3 is 2.62 bits per heavy atom. The Morgan fingerprint density at radius 1 is 0.938 bits per heavy atom. The lowest BCUT2D eigenvalue weighted by molar-refractivity contribution is 0.0992. The second-order valence-corrected chi connectivity index (χ2v) is 8.61. The number of rotatable bonds is 9. The molecule has 6 heteroatoms. The van der Waals surface area contributed by atoms with Gasteiger partial charge in [0.1, 0.15) is 5.82 Å². The van der Waals surface area contributed by atoms with Crippen molar-refractivity contribution in [1.29, 1.82) is 0 Å². The highest BCUT2D eigenvalue weighted by molar-refractivity contribution is 6.26. The van der Waals surface area contributed by atoms with Crippen molar-refractivity contribution in [2.75, 3.05) is 18.0 Å². The molecule has 0 fully saturated rings. The van der Waals surface area contributed by atoms with Gasteiger partial charge in [-0.25, -0.2) is 4.98 Å². The van der Waals surface area contributed by atoms with Crippen molar-refractivity contribution in [3.05, 3.63) is 60.2 Å². The molecule has 0 saturated carbocycles. The molecule has 5 N–H and O–H groups in total. The van der Waals surface area contributed by atoms with E-state index in [1.807, 2.05) is 41.3 Å². The smallest absolute Gasteiger partial charge is 0.258 e. The molecule has 5 rings (SSSR count). The highest BCUT2D eigenvalue weighted by Crippen LogP contribution is 2.41. The molecule has 1 aromatic heterocycles. The number of aromatic amines is 1. The molecule has 1 unspecified atom stereocenters. The van der Waals surface area contributed by atoms with Crippen LogP contribution in [0.1, 0.15) is 42.5 Å². The molecule has 1 atom stereocenters. The van der Waals surface area contributed by atoms with Gasteiger partial charge in [0.25, 0.3) is 5.91 Å². The van der Waals surface area contributed by atoms with Crippen LogP contribution in [-0.2, 0) is 0 Å². The molecule has 4 aromatic rings. The largest absolute Gasteiger partial charge is 0.338 e. The van der Waals surface area contributed by atoms with Crippen LogP contribution in [0.4, 0.5) is 5.69 Å². The van der Waals surface area contributed by atoms with Gasteiger partial charge in [0, 0.05) is 29.1 Å². The molecule has 1 aliphatic heterocycles. The molecule has 1 aliphatic rings. The van der Waals surface area contributed by atoms with E-state index in [1.54, 1.807) is 0 Å². The average Bonchev–Trinajstić information content (AvgIpc) is 3.35. The van der Waals surface area contributed by atoms with Crippen LogP contribution in [0.15, 0.2) is 54.6 Å². The van der Waals surface area contributed by atoms with Gasteiger partial charge >= 0.3 is 0 Å². The summed E-state index contributed by atoms with van der Waals surface area (Å²) in [7, 11) is 0. The third-order valence-corrected chi connectivity index (χ3v) is 6.42. The van der Waals surface area contributed by atoms with E-state index in [0.717, 1.165) is 76.5 Å². The molecule has 32 heavy (non-hydrogen) atoms. The van der Waals surface area contributed by atoms with Crippen molar-refractivity contribution in [3.8, 4) is 11.4 Å². The van der Waals surface area contributed by atoms with Crippen molar-refractivity contribution < 1.29 is 4.79 Å². The zero-order chi connectivity index (χ0) is 22.1. The van der Waals surface area contributed by atoms with E-state index in [4.69, 9.17) is 16.5 Å². The summed E-state index contributed by atoms with van der Waals surface area (Å²) < 4.78 is 0. The summed E-state index contributed by atoms with van der Waals surface area (Å²) in [5, 5.41) is 2.07. The van der Waals surface area contributed by atoms with Gasteiger partial charge in [-0.05, 0) is 67.9 Å². The Morgan fingerprint density at radius 2 is 1.78 bits per heavy atom. The second kappa shape index (κ2) is 8.73. The van der Waals surface area contributed by atoms with Gasteiger partial charge in [-0.15, -0.1) is 0 Å². The van der Waals surface area contributed by atoms with E-state index in [0.29, 0.717) is 13.1 Å². The molecular weight excluding hydrogens is 398 g/mol. The predicted molar refractivity (Wildman–Crippen MR) is 131 cm³/mol. The molecule has 164 valence electrons. The Kier molecular flexibility index (Phi) is 5.64. The Balaban J connectivity index is 1.41. The molecule has 1 amide bonds. The number of benzene rings is 3. The highest BCUT2D eigenvalue weighted by atomic mass is 16.2. The number of carbonyl (C=O) groups is 1. The first kappa shape index (κ1) is 20.7. The van der Waals surface area contributed by atoms with Crippen molar-refractivity contribution >= 4 is 33.4 Å². The highest BCUT2D eigenvalue weighted by Gasteiger charge is 2.30. The van der Waals surface area contributed by atoms with E-state index in [2.05, 4.69) is 23.2 Å². The molecule has 3 aromatic carbocycles. The summed E-state index contributed by atoms with van der Waals surface area (Å²) in [4.78, 5) is 23.3. The number of hydrogen-bond donors (Lipinski definition) is 3. The Labute approximate surface area is 187 Å². The van der Waals surface area contributed by atoms with Gasteiger partial charge in [-0.2, -0.15) is 0 Å². The zero-order valence-corrected chi connectivity index (χ0v) is 18.2. The number of nitrogens with two attached hydrogens (primary N) is 2. The maximum Gasteiger partial charge on any atom is 0.258 e. The van der Waals surface area contributed by atoms with E-state index < -0.39 is 0 Å². The van der Waals surface area contributed by atoms with Gasteiger partial charge in [0.2, 0.25) is 0 Å². The van der Waals surface area contributed by atoms with Crippen molar-refractivity contribution in [1.82, 2.24) is 9.97 Å². The van der Waals surface area contributed by atoms with E-state index in [-0.39, 0.29) is 11.9 Å². The second-order valence-electron chi connectivity index (χ2n) is 8.61. The van der Waals surface area contributed by atoms with Crippen LogP contribution in [0.3, 0.4) is 0 Å². The molecule has 0 radical (unpaired) electrons. The number of aromatic nitrogens is 2. The summed E-state index contributed by atoms with van der Waals surface area (Å²) in [5.74, 6) is 0.897. The number of unbranched alkanes of at least 4 members (excludes halogenated alkanes) is 1. The number of para-hydroxylation sites is 2. The summed E-state index contributed by atoms with van der Waals surface area (Å²) in [6.07, 6.45) is 4.86.